The number of carbonyl (C=O) groups is 1. The highest BCUT2D eigenvalue weighted by Crippen LogP contribution is 2.32. The fraction of sp³-hybridized carbons (Fsp3) is 0.385. The third-order valence-electron chi connectivity index (χ3n) is 3.27. The second-order valence-electron chi connectivity index (χ2n) is 4.34. The lowest BCUT2D eigenvalue weighted by molar-refractivity contribution is -0.128. The van der Waals surface area contributed by atoms with Crippen LogP contribution in [0.25, 0.3) is 0 Å². The van der Waals surface area contributed by atoms with Gasteiger partial charge in [-0.2, -0.15) is 5.26 Å². The van der Waals surface area contributed by atoms with Crippen molar-refractivity contribution in [1.29, 1.82) is 5.26 Å². The number of hydrogen-bond donors (Lipinski definition) is 1. The Balaban J connectivity index is 2.42. The molecule has 2 atom stereocenters. The molecule has 1 saturated heterocycles. The fourth-order valence-electron chi connectivity index (χ4n) is 2.43. The molecule has 1 aromatic rings. The molecule has 0 radical (unpaired) electrons. The third-order valence-corrected chi connectivity index (χ3v) is 3.27. The molecule has 2 unspecified atom stereocenters. The van der Waals surface area contributed by atoms with E-state index in [1.807, 2.05) is 6.92 Å². The SMILES string of the molecule is CCN1C(=O)CC(N)C1c1ccc(F)c(C#N)c1. The van der Waals surface area contributed by atoms with E-state index in [0.717, 1.165) is 0 Å². The van der Waals surface area contributed by atoms with E-state index < -0.39 is 5.82 Å². The van der Waals surface area contributed by atoms with E-state index in [4.69, 9.17) is 11.0 Å². The van der Waals surface area contributed by atoms with Gasteiger partial charge in [0.2, 0.25) is 5.91 Å². The summed E-state index contributed by atoms with van der Waals surface area (Å²) in [6, 6.07) is 5.53. The molecule has 1 heterocycles. The van der Waals surface area contributed by atoms with Crippen molar-refractivity contribution in [3.8, 4) is 6.07 Å². The van der Waals surface area contributed by atoms with Gasteiger partial charge in [0.15, 0.2) is 0 Å². The van der Waals surface area contributed by atoms with E-state index in [1.165, 1.54) is 12.1 Å². The summed E-state index contributed by atoms with van der Waals surface area (Å²) in [6.07, 6.45) is 0.289. The number of amides is 1. The first-order chi connectivity index (χ1) is 8.58. The summed E-state index contributed by atoms with van der Waals surface area (Å²) in [6.45, 7) is 2.42. The quantitative estimate of drug-likeness (QED) is 0.856. The van der Waals surface area contributed by atoms with Gasteiger partial charge in [-0.1, -0.05) is 6.07 Å². The highest BCUT2D eigenvalue weighted by Gasteiger charge is 2.37. The smallest absolute Gasteiger partial charge is 0.224 e. The van der Waals surface area contributed by atoms with Crippen LogP contribution in [-0.4, -0.2) is 23.4 Å². The van der Waals surface area contributed by atoms with E-state index in [9.17, 15) is 9.18 Å². The molecule has 1 aromatic carbocycles. The van der Waals surface area contributed by atoms with Crippen molar-refractivity contribution in [2.45, 2.75) is 25.4 Å². The molecule has 0 spiro atoms. The van der Waals surface area contributed by atoms with E-state index in [0.29, 0.717) is 12.1 Å². The van der Waals surface area contributed by atoms with E-state index in [2.05, 4.69) is 0 Å². The average Bonchev–Trinajstić information content (AvgIpc) is 2.64. The zero-order chi connectivity index (χ0) is 13.3. The minimum Gasteiger partial charge on any atom is -0.334 e. The van der Waals surface area contributed by atoms with Crippen molar-refractivity contribution >= 4 is 5.91 Å². The summed E-state index contributed by atoms with van der Waals surface area (Å²) < 4.78 is 13.3. The van der Waals surface area contributed by atoms with Crippen molar-refractivity contribution < 1.29 is 9.18 Å². The molecule has 4 nitrogen and oxygen atoms in total. The van der Waals surface area contributed by atoms with Gasteiger partial charge >= 0.3 is 0 Å². The summed E-state index contributed by atoms with van der Waals surface area (Å²) in [5.41, 5.74) is 6.66. The van der Waals surface area contributed by atoms with Crippen LogP contribution < -0.4 is 5.73 Å². The van der Waals surface area contributed by atoms with Crippen LogP contribution >= 0.6 is 0 Å². The maximum absolute atomic E-state index is 13.3. The predicted molar refractivity (Wildman–Crippen MR) is 63.8 cm³/mol. The van der Waals surface area contributed by atoms with Gasteiger partial charge in [-0.3, -0.25) is 4.79 Å². The molecular formula is C13H14FN3O. The topological polar surface area (TPSA) is 70.1 Å². The summed E-state index contributed by atoms with van der Waals surface area (Å²) >= 11 is 0. The first kappa shape index (κ1) is 12.5. The van der Waals surface area contributed by atoms with Gasteiger partial charge in [-0.15, -0.1) is 0 Å². The van der Waals surface area contributed by atoms with Crippen molar-refractivity contribution in [3.63, 3.8) is 0 Å². The number of rotatable bonds is 2. The van der Waals surface area contributed by atoms with E-state index in [-0.39, 0.29) is 30.0 Å². The Hall–Kier alpha value is -1.93. The lowest BCUT2D eigenvalue weighted by Crippen LogP contribution is -2.33. The highest BCUT2D eigenvalue weighted by atomic mass is 19.1. The first-order valence-electron chi connectivity index (χ1n) is 5.83. The molecule has 5 heteroatoms. The molecule has 2 rings (SSSR count). The Morgan fingerprint density at radius 1 is 1.61 bits per heavy atom. The number of nitrogens with two attached hydrogens (primary N) is 1. The molecule has 0 saturated carbocycles. The van der Waals surface area contributed by atoms with Gasteiger partial charge in [-0.05, 0) is 24.6 Å². The predicted octanol–water partition coefficient (Wildman–Crippen LogP) is 1.32. The zero-order valence-electron chi connectivity index (χ0n) is 10.1. The number of likely N-dealkylation sites (N-methyl/N-ethyl adjacent to an activating group) is 1. The lowest BCUT2D eigenvalue weighted by Gasteiger charge is -2.26. The molecule has 18 heavy (non-hydrogen) atoms. The van der Waals surface area contributed by atoms with Gasteiger partial charge in [0.1, 0.15) is 11.9 Å². The molecule has 94 valence electrons. The maximum Gasteiger partial charge on any atom is 0.224 e. The minimum atomic E-state index is -0.554. The average molecular weight is 247 g/mol. The number of benzene rings is 1. The van der Waals surface area contributed by atoms with Gasteiger partial charge in [0.05, 0.1) is 11.6 Å². The Morgan fingerprint density at radius 3 is 2.94 bits per heavy atom. The first-order valence-corrected chi connectivity index (χ1v) is 5.83. The zero-order valence-corrected chi connectivity index (χ0v) is 10.1. The van der Waals surface area contributed by atoms with Gasteiger partial charge < -0.3 is 10.6 Å². The highest BCUT2D eigenvalue weighted by molar-refractivity contribution is 5.80. The Morgan fingerprint density at radius 2 is 2.33 bits per heavy atom. The fourth-order valence-corrected chi connectivity index (χ4v) is 2.43. The molecule has 1 amide bonds. The maximum atomic E-state index is 13.3. The summed E-state index contributed by atoms with van der Waals surface area (Å²) in [5, 5.41) is 8.82. The van der Waals surface area contributed by atoms with Gasteiger partial charge in [0.25, 0.3) is 0 Å². The second-order valence-corrected chi connectivity index (χ2v) is 4.34. The molecular weight excluding hydrogens is 233 g/mol. The molecule has 1 fully saturated rings. The van der Waals surface area contributed by atoms with Crippen LogP contribution in [0.5, 0.6) is 0 Å². The summed E-state index contributed by atoms with van der Waals surface area (Å²) in [4.78, 5) is 13.4. The summed E-state index contributed by atoms with van der Waals surface area (Å²) in [5.74, 6) is -0.556. The van der Waals surface area contributed by atoms with Crippen LogP contribution in [0.2, 0.25) is 0 Å². The standard InChI is InChI=1S/C13H14FN3O/c1-2-17-12(18)6-11(16)13(17)8-3-4-10(14)9(5-8)7-15/h3-5,11,13H,2,6,16H2,1H3. The van der Waals surface area contributed by atoms with Crippen LogP contribution in [0.4, 0.5) is 4.39 Å². The third kappa shape index (κ3) is 1.95. The van der Waals surface area contributed by atoms with Gasteiger partial charge in [-0.25, -0.2) is 4.39 Å². The molecule has 0 aromatic heterocycles. The Labute approximate surface area is 105 Å². The molecule has 0 aliphatic carbocycles. The van der Waals surface area contributed by atoms with Crippen molar-refractivity contribution in [1.82, 2.24) is 4.90 Å². The molecule has 2 N–H and O–H groups in total. The number of carbonyl (C=O) groups excluding carboxylic acids is 1. The van der Waals surface area contributed by atoms with E-state index >= 15 is 0 Å². The van der Waals surface area contributed by atoms with Crippen LogP contribution in [0.1, 0.15) is 30.5 Å². The number of likely N-dealkylation sites (tertiary alicyclic amines) is 1. The van der Waals surface area contributed by atoms with Crippen LogP contribution in [-0.2, 0) is 4.79 Å². The van der Waals surface area contributed by atoms with Crippen molar-refractivity contribution in [2.75, 3.05) is 6.54 Å². The molecule has 1 aliphatic rings. The van der Waals surface area contributed by atoms with Crippen molar-refractivity contribution in [2.24, 2.45) is 5.73 Å². The largest absolute Gasteiger partial charge is 0.334 e. The van der Waals surface area contributed by atoms with Crippen LogP contribution in [0.3, 0.4) is 0 Å². The lowest BCUT2D eigenvalue weighted by atomic mass is 9.99. The number of halogens is 1. The minimum absolute atomic E-state index is 0.00201. The van der Waals surface area contributed by atoms with Crippen molar-refractivity contribution in [3.05, 3.63) is 35.1 Å². The number of hydrogen-bond acceptors (Lipinski definition) is 3. The number of nitrogens with zero attached hydrogens (tertiary/aromatic N) is 2. The molecule has 0 bridgehead atoms. The van der Waals surface area contributed by atoms with E-state index in [1.54, 1.807) is 17.0 Å². The van der Waals surface area contributed by atoms with Gasteiger partial charge in [0, 0.05) is 19.0 Å². The monoisotopic (exact) mass is 247 g/mol. The molecule has 1 aliphatic heterocycles. The van der Waals surface area contributed by atoms with Crippen LogP contribution in [0.15, 0.2) is 18.2 Å². The summed E-state index contributed by atoms with van der Waals surface area (Å²) in [7, 11) is 0. The second kappa shape index (κ2) is 4.75. The van der Waals surface area contributed by atoms with Crippen LogP contribution in [0, 0.1) is 17.1 Å². The Kier molecular flexibility index (Phi) is 3.30. The number of nitriles is 1. The Bertz CT molecular complexity index is 523. The normalized spacial score (nSPS) is 23.2.